The Kier molecular flexibility index (Phi) is 11.5. The number of amides is 4. The van der Waals surface area contributed by atoms with Crippen LogP contribution in [0.4, 0.5) is 18.0 Å². The summed E-state index contributed by atoms with van der Waals surface area (Å²) in [5, 5.41) is 9.31. The first-order chi connectivity index (χ1) is 16.2. The first kappa shape index (κ1) is 29.7. The topological polar surface area (TPSA) is 126 Å². The van der Waals surface area contributed by atoms with Crippen molar-refractivity contribution in [1.82, 2.24) is 21.3 Å². The van der Waals surface area contributed by atoms with E-state index in [1.54, 1.807) is 50.4 Å². The molecule has 2 atom stereocenters. The molecule has 0 saturated carbocycles. The molecule has 35 heavy (non-hydrogen) atoms. The van der Waals surface area contributed by atoms with Gasteiger partial charge in [0.2, 0.25) is 11.8 Å². The Morgan fingerprint density at radius 1 is 0.914 bits per heavy atom. The number of rotatable bonds is 11. The van der Waals surface area contributed by atoms with Crippen LogP contribution in [-0.2, 0) is 25.5 Å². The average Bonchev–Trinajstić information content (AvgIpc) is 2.75. The van der Waals surface area contributed by atoms with Crippen LogP contribution in [0.1, 0.15) is 45.6 Å². The number of hydrogen-bond donors (Lipinski definition) is 4. The second-order valence-electron chi connectivity index (χ2n) is 8.81. The van der Waals surface area contributed by atoms with Gasteiger partial charge in [-0.1, -0.05) is 30.3 Å². The van der Waals surface area contributed by atoms with Crippen LogP contribution in [0.2, 0.25) is 0 Å². The smallest absolute Gasteiger partial charge is 0.444 e. The van der Waals surface area contributed by atoms with Crippen molar-refractivity contribution in [2.75, 3.05) is 13.6 Å². The zero-order valence-corrected chi connectivity index (χ0v) is 20.3. The molecule has 2 unspecified atom stereocenters. The molecule has 12 heteroatoms. The molecule has 196 valence electrons. The Hall–Kier alpha value is -3.31. The van der Waals surface area contributed by atoms with Gasteiger partial charge in [0.1, 0.15) is 17.7 Å². The first-order valence-corrected chi connectivity index (χ1v) is 11.1. The first-order valence-electron chi connectivity index (χ1n) is 11.1. The van der Waals surface area contributed by atoms with E-state index in [1.807, 2.05) is 6.07 Å². The van der Waals surface area contributed by atoms with Gasteiger partial charge in [-0.05, 0) is 45.6 Å². The van der Waals surface area contributed by atoms with E-state index >= 15 is 0 Å². The van der Waals surface area contributed by atoms with Gasteiger partial charge >= 0.3 is 18.2 Å². The maximum Gasteiger partial charge on any atom is 0.471 e. The lowest BCUT2D eigenvalue weighted by molar-refractivity contribution is -0.173. The quantitative estimate of drug-likeness (QED) is 0.345. The van der Waals surface area contributed by atoms with Crippen molar-refractivity contribution in [2.45, 2.75) is 70.3 Å². The lowest BCUT2D eigenvalue weighted by Gasteiger charge is -2.25. The molecule has 0 heterocycles. The van der Waals surface area contributed by atoms with Crippen molar-refractivity contribution in [3.8, 4) is 0 Å². The van der Waals surface area contributed by atoms with Crippen LogP contribution in [0.5, 0.6) is 0 Å². The van der Waals surface area contributed by atoms with Crippen LogP contribution >= 0.6 is 0 Å². The van der Waals surface area contributed by atoms with E-state index in [-0.39, 0.29) is 32.2 Å². The van der Waals surface area contributed by atoms with E-state index in [0.717, 1.165) is 5.56 Å². The highest BCUT2D eigenvalue weighted by Crippen LogP contribution is 2.14. The molecule has 0 saturated heterocycles. The number of nitrogens with one attached hydrogen (secondary N) is 4. The second-order valence-corrected chi connectivity index (χ2v) is 8.81. The molecule has 1 aromatic carbocycles. The minimum absolute atomic E-state index is 0.0404. The van der Waals surface area contributed by atoms with Gasteiger partial charge in [0.15, 0.2) is 0 Å². The fourth-order valence-corrected chi connectivity index (χ4v) is 3.00. The van der Waals surface area contributed by atoms with Gasteiger partial charge in [0, 0.05) is 20.0 Å². The van der Waals surface area contributed by atoms with E-state index in [0.29, 0.717) is 0 Å². The van der Waals surface area contributed by atoms with Crippen LogP contribution in [-0.4, -0.2) is 61.3 Å². The standard InChI is InChI=1S/C23H33F3N4O5/c1-22(2,3)35-21(34)30-16(12-8-9-13-28-20(33)23(24,25)26)19(32)29-17(18(31)27-4)14-15-10-6-5-7-11-15/h5-7,10-11,16-17H,8-9,12-14H2,1-4H3,(H,27,31)(H,28,33)(H,29,32)(H,30,34). The molecule has 4 amide bonds. The number of carbonyl (C=O) groups is 4. The maximum absolute atomic E-state index is 13.0. The van der Waals surface area contributed by atoms with Crippen molar-refractivity contribution in [1.29, 1.82) is 0 Å². The van der Waals surface area contributed by atoms with Gasteiger partial charge in [0.25, 0.3) is 0 Å². The fourth-order valence-electron chi connectivity index (χ4n) is 3.00. The van der Waals surface area contributed by atoms with Crippen LogP contribution in [0, 0.1) is 0 Å². The summed E-state index contributed by atoms with van der Waals surface area (Å²) >= 11 is 0. The number of ether oxygens (including phenoxy) is 1. The molecule has 0 aliphatic rings. The average molecular weight is 503 g/mol. The van der Waals surface area contributed by atoms with Gasteiger partial charge in [-0.3, -0.25) is 14.4 Å². The van der Waals surface area contributed by atoms with Crippen molar-refractivity contribution in [2.24, 2.45) is 0 Å². The summed E-state index contributed by atoms with van der Waals surface area (Å²) in [6.07, 6.45) is -5.26. The van der Waals surface area contributed by atoms with E-state index in [2.05, 4.69) is 16.0 Å². The van der Waals surface area contributed by atoms with E-state index in [1.165, 1.54) is 7.05 Å². The summed E-state index contributed by atoms with van der Waals surface area (Å²) < 4.78 is 42.0. The Balaban J connectivity index is 2.84. The number of unbranched alkanes of at least 4 members (excludes halogenated alkanes) is 1. The molecule has 0 bridgehead atoms. The minimum Gasteiger partial charge on any atom is -0.444 e. The Labute approximate surface area is 202 Å². The number of alkyl halides is 3. The second kappa shape index (κ2) is 13.5. The summed E-state index contributed by atoms with van der Waals surface area (Å²) in [6.45, 7) is 4.68. The molecule has 0 spiro atoms. The summed E-state index contributed by atoms with van der Waals surface area (Å²) in [7, 11) is 1.43. The number of benzene rings is 1. The zero-order chi connectivity index (χ0) is 26.6. The highest BCUT2D eigenvalue weighted by Gasteiger charge is 2.38. The number of carbonyl (C=O) groups excluding carboxylic acids is 4. The van der Waals surface area contributed by atoms with E-state index in [4.69, 9.17) is 4.74 Å². The van der Waals surface area contributed by atoms with E-state index < -0.39 is 47.7 Å². The highest BCUT2D eigenvalue weighted by atomic mass is 19.4. The third-order valence-corrected chi connectivity index (χ3v) is 4.63. The van der Waals surface area contributed by atoms with Crippen molar-refractivity contribution < 1.29 is 37.1 Å². The predicted octanol–water partition coefficient (Wildman–Crippen LogP) is 2.20. The molecule has 1 aromatic rings. The molecular weight excluding hydrogens is 469 g/mol. The molecule has 0 radical (unpaired) electrons. The molecule has 0 aliphatic heterocycles. The summed E-state index contributed by atoms with van der Waals surface area (Å²) in [4.78, 5) is 48.5. The Morgan fingerprint density at radius 3 is 2.09 bits per heavy atom. The third-order valence-electron chi connectivity index (χ3n) is 4.63. The van der Waals surface area contributed by atoms with Crippen LogP contribution in [0.25, 0.3) is 0 Å². The van der Waals surface area contributed by atoms with Gasteiger partial charge in [-0.15, -0.1) is 0 Å². The summed E-state index contributed by atoms with van der Waals surface area (Å²) in [5.41, 5.74) is -0.0243. The number of alkyl carbamates (subject to hydrolysis) is 1. The predicted molar refractivity (Wildman–Crippen MR) is 122 cm³/mol. The Bertz CT molecular complexity index is 857. The zero-order valence-electron chi connectivity index (χ0n) is 20.3. The van der Waals surface area contributed by atoms with E-state index in [9.17, 15) is 32.3 Å². The number of halogens is 3. The van der Waals surface area contributed by atoms with Gasteiger partial charge in [-0.2, -0.15) is 13.2 Å². The van der Waals surface area contributed by atoms with Crippen LogP contribution in [0.3, 0.4) is 0 Å². The normalized spacial score (nSPS) is 13.2. The maximum atomic E-state index is 13.0. The van der Waals surface area contributed by atoms with Crippen LogP contribution < -0.4 is 21.3 Å². The van der Waals surface area contributed by atoms with Crippen LogP contribution in [0.15, 0.2) is 30.3 Å². The number of hydrogen-bond acceptors (Lipinski definition) is 5. The molecule has 0 aromatic heterocycles. The highest BCUT2D eigenvalue weighted by molar-refractivity contribution is 5.91. The van der Waals surface area contributed by atoms with Crippen molar-refractivity contribution in [3.05, 3.63) is 35.9 Å². The molecule has 0 aliphatic carbocycles. The third kappa shape index (κ3) is 12.1. The largest absolute Gasteiger partial charge is 0.471 e. The summed E-state index contributed by atoms with van der Waals surface area (Å²) in [5.74, 6) is -3.14. The van der Waals surface area contributed by atoms with Gasteiger partial charge in [0.05, 0.1) is 0 Å². The van der Waals surface area contributed by atoms with Crippen molar-refractivity contribution in [3.63, 3.8) is 0 Å². The molecular formula is C23H33F3N4O5. The lowest BCUT2D eigenvalue weighted by Crippen LogP contribution is -2.54. The fraction of sp³-hybridized carbons (Fsp3) is 0.565. The molecule has 9 nitrogen and oxygen atoms in total. The summed E-state index contributed by atoms with van der Waals surface area (Å²) in [6, 6.07) is 6.96. The van der Waals surface area contributed by atoms with Gasteiger partial charge < -0.3 is 26.0 Å². The van der Waals surface area contributed by atoms with Gasteiger partial charge in [-0.25, -0.2) is 4.79 Å². The molecule has 1 rings (SSSR count). The monoisotopic (exact) mass is 502 g/mol. The number of likely N-dealkylation sites (N-methyl/N-ethyl adjacent to an activating group) is 1. The van der Waals surface area contributed by atoms with Crippen molar-refractivity contribution >= 4 is 23.8 Å². The molecule has 0 fully saturated rings. The minimum atomic E-state index is -4.98. The Morgan fingerprint density at radius 2 is 1.54 bits per heavy atom. The lowest BCUT2D eigenvalue weighted by atomic mass is 10.0. The molecule has 4 N–H and O–H groups in total. The SMILES string of the molecule is CNC(=O)C(Cc1ccccc1)NC(=O)C(CCCCNC(=O)C(F)(F)F)NC(=O)OC(C)(C)C.